The first-order valence-electron chi connectivity index (χ1n) is 24.2. The van der Waals surface area contributed by atoms with E-state index in [0.29, 0.717) is 12.8 Å². The number of rotatable bonds is 41. The molecule has 1 fully saturated rings. The summed E-state index contributed by atoms with van der Waals surface area (Å²) in [5, 5.41) is 41.2. The van der Waals surface area contributed by atoms with E-state index in [-0.39, 0.29) is 12.8 Å². The van der Waals surface area contributed by atoms with Crippen LogP contribution in [0, 0.1) is 0 Å². The number of aliphatic hydroxyl groups is 4. The number of ether oxygens (including phenoxy) is 2. The van der Waals surface area contributed by atoms with Gasteiger partial charge in [0, 0.05) is 12.8 Å². The zero-order valence-corrected chi connectivity index (χ0v) is 40.3. The molecule has 0 aromatic rings. The normalized spacial score (nSPS) is 22.0. The molecule has 0 amide bonds. The molecule has 7 N–H and O–H groups in total. The molecule has 1 aliphatic rings. The van der Waals surface area contributed by atoms with Crippen LogP contribution >= 0.6 is 15.6 Å². The van der Waals surface area contributed by atoms with Crippen LogP contribution < -0.4 is 0 Å². The van der Waals surface area contributed by atoms with Gasteiger partial charge in [-0.25, -0.2) is 9.13 Å². The molecule has 5 unspecified atom stereocenters. The fourth-order valence-corrected chi connectivity index (χ4v) is 9.09. The number of esters is 2. The minimum atomic E-state index is -5.36. The standard InChI is InChI=1S/C45H86O16P2/c1-3-5-7-9-11-13-15-17-18-19-20-22-24-26-28-30-32-34-39(47)59-37(35-57-38(46)33-31-29-27-25-23-21-16-14-12-10-8-6-4-2)36-58-63(55,56)61-45-42(50)40(48)41(49)44(43(45)51)60-62(52,53)54/h17-18,37,40-45,48-51H,3-16,19-36H2,1-2H3,(H,55,56)(H2,52,53,54)/t37-,40?,41?,42?,43?,44-,45+/m1/s1. The summed E-state index contributed by atoms with van der Waals surface area (Å²) in [4.78, 5) is 54.3. The largest absolute Gasteiger partial charge is 0.472 e. The fourth-order valence-electron chi connectivity index (χ4n) is 7.55. The quantitative estimate of drug-likeness (QED) is 0.0130. The Hall–Kier alpha value is -1.26. The van der Waals surface area contributed by atoms with Gasteiger partial charge in [0.05, 0.1) is 6.61 Å². The summed E-state index contributed by atoms with van der Waals surface area (Å²) in [6, 6.07) is 0. The van der Waals surface area contributed by atoms with Crippen molar-refractivity contribution in [3.63, 3.8) is 0 Å². The SMILES string of the molecule is CCCCCCCCC=CCCCCCCCCCC(=O)O[C@H](COC(=O)CCCCCCCCCCCCCCC)COP(=O)(O)O[C@H]1C(O)C(O)C(O)[C@@H](OP(=O)(O)O)C1O. The fraction of sp³-hybridized carbons (Fsp3) is 0.911. The number of allylic oxidation sites excluding steroid dienone is 2. The molecule has 63 heavy (non-hydrogen) atoms. The minimum Gasteiger partial charge on any atom is -0.462 e. The van der Waals surface area contributed by atoms with Gasteiger partial charge in [0.1, 0.15) is 43.2 Å². The Balaban J connectivity index is 2.57. The first-order valence-corrected chi connectivity index (χ1v) is 27.3. The van der Waals surface area contributed by atoms with Gasteiger partial charge in [0.15, 0.2) is 6.10 Å². The minimum absolute atomic E-state index is 0.0434. The van der Waals surface area contributed by atoms with Gasteiger partial charge >= 0.3 is 27.6 Å². The van der Waals surface area contributed by atoms with Crippen LogP contribution in [0.25, 0.3) is 0 Å². The van der Waals surface area contributed by atoms with E-state index in [1.54, 1.807) is 0 Å². The number of carbonyl (C=O) groups is 2. The van der Waals surface area contributed by atoms with Crippen molar-refractivity contribution in [2.75, 3.05) is 13.2 Å². The van der Waals surface area contributed by atoms with Gasteiger partial charge in [-0.3, -0.25) is 23.2 Å². The molecular formula is C45H86O16P2. The highest BCUT2D eigenvalue weighted by atomic mass is 31.2. The van der Waals surface area contributed by atoms with E-state index in [1.165, 1.54) is 89.9 Å². The summed E-state index contributed by atoms with van der Waals surface area (Å²) >= 11 is 0. The molecule has 0 aromatic carbocycles. The zero-order chi connectivity index (χ0) is 46.8. The number of unbranched alkanes of at least 4 members (excludes halogenated alkanes) is 25. The van der Waals surface area contributed by atoms with Crippen LogP contribution in [-0.4, -0.2) is 103 Å². The number of hydrogen-bond acceptors (Lipinski definition) is 13. The molecular weight excluding hydrogens is 858 g/mol. The average molecular weight is 945 g/mol. The van der Waals surface area contributed by atoms with Gasteiger partial charge < -0.3 is 44.6 Å². The summed E-state index contributed by atoms with van der Waals surface area (Å²) in [7, 11) is -10.7. The van der Waals surface area contributed by atoms with Crippen molar-refractivity contribution < 1.29 is 76.9 Å². The van der Waals surface area contributed by atoms with E-state index in [1.807, 2.05) is 0 Å². The molecule has 1 rings (SSSR count). The van der Waals surface area contributed by atoms with Crippen LogP contribution in [0.15, 0.2) is 12.2 Å². The van der Waals surface area contributed by atoms with E-state index in [2.05, 4.69) is 30.5 Å². The lowest BCUT2D eigenvalue weighted by molar-refractivity contribution is -0.216. The number of carbonyl (C=O) groups excluding carboxylic acids is 2. The summed E-state index contributed by atoms with van der Waals surface area (Å²) in [6.45, 7) is 3.11. The molecule has 0 bridgehead atoms. The third-order valence-electron chi connectivity index (χ3n) is 11.3. The maximum absolute atomic E-state index is 13.0. The van der Waals surface area contributed by atoms with Crippen molar-refractivity contribution in [3.8, 4) is 0 Å². The van der Waals surface area contributed by atoms with Crippen molar-refractivity contribution in [2.45, 2.75) is 249 Å². The molecule has 0 aromatic heterocycles. The highest BCUT2D eigenvalue weighted by molar-refractivity contribution is 7.47. The Kier molecular flexibility index (Phi) is 34.9. The molecule has 1 aliphatic carbocycles. The molecule has 372 valence electrons. The molecule has 1 saturated carbocycles. The van der Waals surface area contributed by atoms with Crippen LogP contribution in [0.2, 0.25) is 0 Å². The van der Waals surface area contributed by atoms with Gasteiger partial charge in [-0.1, -0.05) is 167 Å². The van der Waals surface area contributed by atoms with Crippen molar-refractivity contribution in [2.24, 2.45) is 0 Å². The monoisotopic (exact) mass is 945 g/mol. The topological polar surface area (TPSA) is 256 Å². The summed E-state index contributed by atoms with van der Waals surface area (Å²) < 4.78 is 49.4. The maximum Gasteiger partial charge on any atom is 0.472 e. The number of aliphatic hydroxyl groups excluding tert-OH is 4. The molecule has 0 radical (unpaired) electrons. The van der Waals surface area contributed by atoms with E-state index in [0.717, 1.165) is 77.0 Å². The maximum atomic E-state index is 13.0. The second kappa shape index (κ2) is 36.8. The van der Waals surface area contributed by atoms with Gasteiger partial charge in [-0.05, 0) is 38.5 Å². The van der Waals surface area contributed by atoms with Crippen LogP contribution in [-0.2, 0) is 41.8 Å². The number of phosphoric acid groups is 2. The Labute approximate surface area is 378 Å². The lowest BCUT2D eigenvalue weighted by Crippen LogP contribution is -2.64. The lowest BCUT2D eigenvalue weighted by Gasteiger charge is -2.43. The van der Waals surface area contributed by atoms with E-state index in [4.69, 9.17) is 18.5 Å². The molecule has 0 spiro atoms. The van der Waals surface area contributed by atoms with Crippen molar-refractivity contribution in [3.05, 3.63) is 12.2 Å². The number of phosphoric ester groups is 2. The third kappa shape index (κ3) is 31.4. The first-order chi connectivity index (χ1) is 30.1. The molecule has 8 atom stereocenters. The van der Waals surface area contributed by atoms with Gasteiger partial charge in [0.25, 0.3) is 0 Å². The second-order valence-electron chi connectivity index (χ2n) is 17.2. The summed E-state index contributed by atoms with van der Waals surface area (Å²) in [6.07, 6.45) is 21.7. The van der Waals surface area contributed by atoms with Gasteiger partial charge in [-0.15, -0.1) is 0 Å². The van der Waals surface area contributed by atoms with Gasteiger partial charge in [-0.2, -0.15) is 0 Å². The second-order valence-corrected chi connectivity index (χ2v) is 19.8. The molecule has 0 saturated heterocycles. The molecule has 18 heteroatoms. The molecule has 16 nitrogen and oxygen atoms in total. The van der Waals surface area contributed by atoms with E-state index in [9.17, 15) is 53.8 Å². The smallest absolute Gasteiger partial charge is 0.462 e. The average Bonchev–Trinajstić information content (AvgIpc) is 3.23. The Morgan fingerprint density at radius 1 is 0.492 bits per heavy atom. The van der Waals surface area contributed by atoms with Gasteiger partial charge in [0.2, 0.25) is 0 Å². The number of hydrogen-bond donors (Lipinski definition) is 7. The van der Waals surface area contributed by atoms with Crippen molar-refractivity contribution in [1.82, 2.24) is 0 Å². The van der Waals surface area contributed by atoms with Crippen LogP contribution in [0.4, 0.5) is 0 Å². The summed E-state index contributed by atoms with van der Waals surface area (Å²) in [5.74, 6) is -1.20. The highest BCUT2D eigenvalue weighted by Crippen LogP contribution is 2.49. The summed E-state index contributed by atoms with van der Waals surface area (Å²) in [5.41, 5.74) is 0. The van der Waals surface area contributed by atoms with E-state index < -0.39 is 83.5 Å². The Bertz CT molecular complexity index is 1280. The molecule has 0 heterocycles. The van der Waals surface area contributed by atoms with Crippen LogP contribution in [0.5, 0.6) is 0 Å². The third-order valence-corrected chi connectivity index (χ3v) is 12.8. The van der Waals surface area contributed by atoms with Crippen molar-refractivity contribution in [1.29, 1.82) is 0 Å². The predicted octanol–water partition coefficient (Wildman–Crippen LogP) is 9.18. The van der Waals surface area contributed by atoms with E-state index >= 15 is 0 Å². The highest BCUT2D eigenvalue weighted by Gasteiger charge is 2.54. The predicted molar refractivity (Wildman–Crippen MR) is 241 cm³/mol. The van der Waals surface area contributed by atoms with Crippen LogP contribution in [0.1, 0.15) is 206 Å². The van der Waals surface area contributed by atoms with Crippen LogP contribution in [0.3, 0.4) is 0 Å². The zero-order valence-electron chi connectivity index (χ0n) is 38.5. The first kappa shape index (κ1) is 59.8. The molecule has 0 aliphatic heterocycles. The Morgan fingerprint density at radius 3 is 1.30 bits per heavy atom. The van der Waals surface area contributed by atoms with Crippen molar-refractivity contribution >= 4 is 27.6 Å². The Morgan fingerprint density at radius 2 is 0.873 bits per heavy atom. The lowest BCUT2D eigenvalue weighted by atomic mass is 9.85.